The second kappa shape index (κ2) is 14.6. The predicted octanol–water partition coefficient (Wildman–Crippen LogP) is -2.77. The van der Waals surface area contributed by atoms with Crippen LogP contribution in [0.5, 0.6) is 0 Å². The maximum Gasteiger partial charge on any atom is 0.326 e. The molecule has 1 aromatic rings. The van der Waals surface area contributed by atoms with Gasteiger partial charge in [0.25, 0.3) is 0 Å². The second-order valence-electron chi connectivity index (χ2n) is 7.87. The van der Waals surface area contributed by atoms with Gasteiger partial charge in [-0.2, -0.15) is 0 Å². The molecule has 0 saturated carbocycles. The Labute approximate surface area is 196 Å². The van der Waals surface area contributed by atoms with E-state index in [1.807, 2.05) is 0 Å². The summed E-state index contributed by atoms with van der Waals surface area (Å²) in [7, 11) is 0. The van der Waals surface area contributed by atoms with Crippen LogP contribution < -0.4 is 33.2 Å². The van der Waals surface area contributed by atoms with E-state index >= 15 is 0 Å². The summed E-state index contributed by atoms with van der Waals surface area (Å²) in [5, 5.41) is 16.6. The average Bonchev–Trinajstić information content (AvgIpc) is 3.28. The first-order valence-corrected chi connectivity index (χ1v) is 10.9. The molecule has 1 rings (SSSR count). The Kier molecular flexibility index (Phi) is 12.2. The monoisotopic (exact) mass is 482 g/mol. The van der Waals surface area contributed by atoms with Crippen LogP contribution in [-0.4, -0.2) is 75.4 Å². The van der Waals surface area contributed by atoms with Gasteiger partial charge < -0.3 is 43.2 Å². The van der Waals surface area contributed by atoms with Crippen molar-refractivity contribution in [3.8, 4) is 0 Å². The van der Waals surface area contributed by atoms with Crippen molar-refractivity contribution < 1.29 is 29.1 Å². The molecule has 11 N–H and O–H groups in total. The summed E-state index contributed by atoms with van der Waals surface area (Å²) in [6, 6.07) is -4.45. The Morgan fingerprint density at radius 1 is 1.03 bits per heavy atom. The molecular formula is C20H34N8O6. The van der Waals surface area contributed by atoms with Crippen LogP contribution in [-0.2, 0) is 30.4 Å². The lowest BCUT2D eigenvalue weighted by atomic mass is 10.1. The largest absolute Gasteiger partial charge is 0.480 e. The number of carbonyl (C=O) groups is 5. The summed E-state index contributed by atoms with van der Waals surface area (Å²) in [4.78, 5) is 66.9. The number of aromatic amines is 1. The SMILES string of the molecule is C[C@H](NC(=O)[C@@H](N)Cc1cnc[nH]1)C(=O)N[C@@H](CCC(N)=O)C(=O)N[C@@H](CCCCN)C(=O)O. The van der Waals surface area contributed by atoms with Crippen molar-refractivity contribution in [1.82, 2.24) is 25.9 Å². The van der Waals surface area contributed by atoms with Gasteiger partial charge in [-0.15, -0.1) is 0 Å². The van der Waals surface area contributed by atoms with Crippen molar-refractivity contribution >= 4 is 29.6 Å². The second-order valence-corrected chi connectivity index (χ2v) is 7.87. The number of H-pyrrole nitrogens is 1. The standard InChI is InChI=1S/C20H34N8O6/c1-11(26-18(31)13(22)8-12-9-24-10-25-12)17(30)27-14(5-6-16(23)29)19(32)28-15(20(33)34)4-2-3-7-21/h9-11,13-15H,2-8,21-22H2,1H3,(H2,23,29)(H,24,25)(H,26,31)(H,27,30)(H,28,32)(H,33,34)/t11-,13-,14-,15-/m0/s1. The van der Waals surface area contributed by atoms with Crippen molar-refractivity contribution in [2.75, 3.05) is 6.54 Å². The van der Waals surface area contributed by atoms with Gasteiger partial charge in [-0.3, -0.25) is 19.2 Å². The smallest absolute Gasteiger partial charge is 0.326 e. The van der Waals surface area contributed by atoms with Crippen LogP contribution in [0.15, 0.2) is 12.5 Å². The van der Waals surface area contributed by atoms with E-state index < -0.39 is 53.8 Å². The van der Waals surface area contributed by atoms with Gasteiger partial charge in [0.2, 0.25) is 23.6 Å². The van der Waals surface area contributed by atoms with Gasteiger partial charge in [0, 0.05) is 24.7 Å². The third-order valence-electron chi connectivity index (χ3n) is 4.96. The molecule has 190 valence electrons. The molecule has 4 amide bonds. The van der Waals surface area contributed by atoms with Crippen LogP contribution in [0.3, 0.4) is 0 Å². The van der Waals surface area contributed by atoms with Crippen molar-refractivity contribution in [2.24, 2.45) is 17.2 Å². The highest BCUT2D eigenvalue weighted by molar-refractivity contribution is 5.94. The first kappa shape index (κ1) is 28.5. The van der Waals surface area contributed by atoms with E-state index in [0.29, 0.717) is 25.1 Å². The van der Waals surface area contributed by atoms with Gasteiger partial charge in [0.15, 0.2) is 0 Å². The van der Waals surface area contributed by atoms with E-state index in [9.17, 15) is 29.1 Å². The zero-order valence-electron chi connectivity index (χ0n) is 19.1. The molecule has 0 saturated heterocycles. The zero-order valence-corrected chi connectivity index (χ0v) is 19.1. The number of nitrogens with two attached hydrogens (primary N) is 3. The van der Waals surface area contributed by atoms with E-state index in [-0.39, 0.29) is 25.7 Å². The topological polar surface area (TPSA) is 248 Å². The molecule has 0 aliphatic rings. The number of primary amides is 1. The third kappa shape index (κ3) is 10.4. The average molecular weight is 483 g/mol. The zero-order chi connectivity index (χ0) is 25.7. The number of nitrogens with zero attached hydrogens (tertiary/aromatic N) is 1. The van der Waals surface area contributed by atoms with E-state index in [4.69, 9.17) is 17.2 Å². The van der Waals surface area contributed by atoms with Gasteiger partial charge >= 0.3 is 5.97 Å². The number of carboxylic acids is 1. The lowest BCUT2D eigenvalue weighted by Crippen LogP contribution is -2.56. The molecule has 14 heteroatoms. The number of amides is 4. The molecule has 34 heavy (non-hydrogen) atoms. The van der Waals surface area contributed by atoms with Gasteiger partial charge in [0.05, 0.1) is 12.4 Å². The van der Waals surface area contributed by atoms with Crippen LogP contribution >= 0.6 is 0 Å². The predicted molar refractivity (Wildman–Crippen MR) is 121 cm³/mol. The van der Waals surface area contributed by atoms with Gasteiger partial charge in [-0.1, -0.05) is 0 Å². The lowest BCUT2D eigenvalue weighted by molar-refractivity contribution is -0.142. The third-order valence-corrected chi connectivity index (χ3v) is 4.96. The highest BCUT2D eigenvalue weighted by atomic mass is 16.4. The quantitative estimate of drug-likeness (QED) is 0.113. The molecule has 0 spiro atoms. The Morgan fingerprint density at radius 2 is 1.71 bits per heavy atom. The molecule has 4 atom stereocenters. The summed E-state index contributed by atoms with van der Waals surface area (Å²) < 4.78 is 0. The number of carboxylic acid groups (broad SMARTS) is 1. The molecule has 0 aliphatic heterocycles. The van der Waals surface area contributed by atoms with Gasteiger partial charge in [0.1, 0.15) is 18.1 Å². The van der Waals surface area contributed by atoms with Crippen molar-refractivity contribution in [2.45, 2.75) is 69.6 Å². The molecule has 0 fully saturated rings. The summed E-state index contributed by atoms with van der Waals surface area (Å²) in [5.41, 5.74) is 17.1. The maximum atomic E-state index is 12.7. The van der Waals surface area contributed by atoms with E-state index in [0.717, 1.165) is 0 Å². The van der Waals surface area contributed by atoms with Crippen molar-refractivity contribution in [3.05, 3.63) is 18.2 Å². The lowest BCUT2D eigenvalue weighted by Gasteiger charge is -2.23. The van der Waals surface area contributed by atoms with Crippen LogP contribution in [0.1, 0.15) is 44.7 Å². The van der Waals surface area contributed by atoms with Crippen molar-refractivity contribution in [1.29, 1.82) is 0 Å². The molecule has 0 aliphatic carbocycles. The van der Waals surface area contributed by atoms with Crippen molar-refractivity contribution in [3.63, 3.8) is 0 Å². The Bertz CT molecular complexity index is 831. The molecule has 1 aromatic heterocycles. The highest BCUT2D eigenvalue weighted by Gasteiger charge is 2.29. The maximum absolute atomic E-state index is 12.7. The summed E-state index contributed by atoms with van der Waals surface area (Å²) >= 11 is 0. The van der Waals surface area contributed by atoms with E-state index in [2.05, 4.69) is 25.9 Å². The number of hydrogen-bond acceptors (Lipinski definition) is 8. The van der Waals surface area contributed by atoms with Crippen LogP contribution in [0.2, 0.25) is 0 Å². The minimum atomic E-state index is -1.24. The van der Waals surface area contributed by atoms with Crippen LogP contribution in [0.25, 0.3) is 0 Å². The molecule has 0 bridgehead atoms. The minimum Gasteiger partial charge on any atom is -0.480 e. The Hall–Kier alpha value is -3.52. The number of aromatic nitrogens is 2. The first-order valence-electron chi connectivity index (χ1n) is 10.9. The molecular weight excluding hydrogens is 448 g/mol. The number of imidazole rings is 1. The van der Waals surface area contributed by atoms with Crippen LogP contribution in [0.4, 0.5) is 0 Å². The number of aliphatic carboxylic acids is 1. The molecule has 0 radical (unpaired) electrons. The Balaban J connectivity index is 2.74. The molecule has 0 unspecified atom stereocenters. The fraction of sp³-hybridized carbons (Fsp3) is 0.600. The fourth-order valence-electron chi connectivity index (χ4n) is 2.99. The molecule has 0 aromatic carbocycles. The minimum absolute atomic E-state index is 0.148. The Morgan fingerprint density at radius 3 is 2.26 bits per heavy atom. The molecule has 14 nitrogen and oxygen atoms in total. The summed E-state index contributed by atoms with van der Waals surface area (Å²) in [6.07, 6.45) is 3.97. The summed E-state index contributed by atoms with van der Waals surface area (Å²) in [5.74, 6) is -4.04. The number of carbonyl (C=O) groups excluding carboxylic acids is 4. The van der Waals surface area contributed by atoms with Gasteiger partial charge in [-0.05, 0) is 39.2 Å². The van der Waals surface area contributed by atoms with E-state index in [1.165, 1.54) is 19.4 Å². The normalized spacial score (nSPS) is 14.3. The molecule has 1 heterocycles. The van der Waals surface area contributed by atoms with Crippen LogP contribution in [0, 0.1) is 0 Å². The number of unbranched alkanes of at least 4 members (excludes halogenated alkanes) is 1. The van der Waals surface area contributed by atoms with Gasteiger partial charge in [-0.25, -0.2) is 9.78 Å². The number of nitrogens with one attached hydrogen (secondary N) is 4. The summed E-state index contributed by atoms with van der Waals surface area (Å²) in [6.45, 7) is 1.78. The fourth-order valence-corrected chi connectivity index (χ4v) is 2.99. The number of rotatable bonds is 16. The van der Waals surface area contributed by atoms with E-state index in [1.54, 1.807) is 0 Å². The highest BCUT2D eigenvalue weighted by Crippen LogP contribution is 2.05. The number of hydrogen-bond donors (Lipinski definition) is 8. The first-order chi connectivity index (χ1) is 16.0.